The molecule has 0 radical (unpaired) electrons. The van der Waals surface area contributed by atoms with Crippen LogP contribution in [0, 0.1) is 0 Å². The normalized spacial score (nSPS) is 25.4. The van der Waals surface area contributed by atoms with Crippen molar-refractivity contribution < 1.29 is 0 Å². The Bertz CT molecular complexity index is 187. The van der Waals surface area contributed by atoms with E-state index in [4.69, 9.17) is 0 Å². The molecule has 3 heteroatoms. The highest BCUT2D eigenvalue weighted by Gasteiger charge is 2.16. The van der Waals surface area contributed by atoms with Gasteiger partial charge in [-0.25, -0.2) is 4.98 Å². The Morgan fingerprint density at radius 1 is 1.60 bits per heavy atom. The van der Waals surface area contributed by atoms with Crippen LogP contribution in [0.5, 0.6) is 0 Å². The molecule has 1 fully saturated rings. The van der Waals surface area contributed by atoms with Crippen LogP contribution in [0.4, 0.5) is 0 Å². The highest BCUT2D eigenvalue weighted by molar-refractivity contribution is 5.03. The van der Waals surface area contributed by atoms with Gasteiger partial charge in [0.15, 0.2) is 0 Å². The molecule has 0 amide bonds. The van der Waals surface area contributed by atoms with Crippen molar-refractivity contribution in [1.29, 1.82) is 0 Å². The van der Waals surface area contributed by atoms with Crippen LogP contribution in [-0.4, -0.2) is 16.5 Å². The smallest absolute Gasteiger partial charge is 0.0922 e. The summed E-state index contributed by atoms with van der Waals surface area (Å²) in [5.74, 6) is 0. The number of rotatable bonds is 1. The van der Waals surface area contributed by atoms with Gasteiger partial charge in [0, 0.05) is 12.2 Å². The highest BCUT2D eigenvalue weighted by atomic mass is 15.0. The molecule has 0 aliphatic carbocycles. The van der Waals surface area contributed by atoms with Gasteiger partial charge in [0.25, 0.3) is 0 Å². The molecule has 1 aromatic heterocycles. The zero-order chi connectivity index (χ0) is 6.81. The molecule has 0 aromatic carbocycles. The van der Waals surface area contributed by atoms with Crippen LogP contribution in [0.25, 0.3) is 0 Å². The predicted octanol–water partition coefficient (Wildman–Crippen LogP) is 0.834. The largest absolute Gasteiger partial charge is 0.347 e. The molecule has 1 saturated heterocycles. The summed E-state index contributed by atoms with van der Waals surface area (Å²) in [5, 5.41) is 3.39. The topological polar surface area (TPSA) is 40.7 Å². The van der Waals surface area contributed by atoms with E-state index in [2.05, 4.69) is 15.3 Å². The first-order valence-electron chi connectivity index (χ1n) is 3.68. The summed E-state index contributed by atoms with van der Waals surface area (Å²) in [6, 6.07) is 0.530. The van der Waals surface area contributed by atoms with Gasteiger partial charge >= 0.3 is 0 Å². The molecule has 2 heterocycles. The molecule has 0 bridgehead atoms. The first-order valence-corrected chi connectivity index (χ1v) is 3.68. The molecular weight excluding hydrogens is 126 g/mol. The number of nitrogens with zero attached hydrogens (tertiary/aromatic N) is 1. The standard InChI is InChI=1S/C7H11N3/c1-2-6(9-3-1)7-4-8-5-10-7/h4-6,9H,1-3H2,(H,8,10)/t6-/m0/s1. The molecule has 1 aromatic rings. The molecule has 54 valence electrons. The van der Waals surface area contributed by atoms with E-state index in [0.717, 1.165) is 6.54 Å². The van der Waals surface area contributed by atoms with Gasteiger partial charge in [-0.15, -0.1) is 0 Å². The molecule has 2 N–H and O–H groups in total. The second-order valence-corrected chi connectivity index (χ2v) is 2.66. The second-order valence-electron chi connectivity index (χ2n) is 2.66. The molecule has 0 saturated carbocycles. The van der Waals surface area contributed by atoms with Crippen LogP contribution in [0.2, 0.25) is 0 Å². The third-order valence-electron chi connectivity index (χ3n) is 1.96. The van der Waals surface area contributed by atoms with Crippen molar-refractivity contribution in [2.24, 2.45) is 0 Å². The monoisotopic (exact) mass is 137 g/mol. The first kappa shape index (κ1) is 5.92. The average molecular weight is 137 g/mol. The highest BCUT2D eigenvalue weighted by Crippen LogP contribution is 2.19. The Kier molecular flexibility index (Phi) is 1.43. The Labute approximate surface area is 59.9 Å². The Morgan fingerprint density at radius 2 is 2.60 bits per heavy atom. The zero-order valence-electron chi connectivity index (χ0n) is 5.80. The van der Waals surface area contributed by atoms with Crippen LogP contribution >= 0.6 is 0 Å². The minimum atomic E-state index is 0.530. The molecule has 1 aliphatic heterocycles. The van der Waals surface area contributed by atoms with Crippen molar-refractivity contribution in [3.05, 3.63) is 18.2 Å². The lowest BCUT2D eigenvalue weighted by Crippen LogP contribution is -2.12. The number of H-pyrrole nitrogens is 1. The first-order chi connectivity index (χ1) is 4.97. The number of aromatic nitrogens is 2. The summed E-state index contributed by atoms with van der Waals surface area (Å²) in [6.45, 7) is 1.14. The fraction of sp³-hybridized carbons (Fsp3) is 0.571. The minimum absolute atomic E-state index is 0.530. The van der Waals surface area contributed by atoms with E-state index in [0.29, 0.717) is 6.04 Å². The van der Waals surface area contributed by atoms with Crippen LogP contribution in [0.3, 0.4) is 0 Å². The average Bonchev–Trinajstić information content (AvgIpc) is 2.59. The van der Waals surface area contributed by atoms with Gasteiger partial charge in [-0.3, -0.25) is 0 Å². The van der Waals surface area contributed by atoms with Crippen LogP contribution in [-0.2, 0) is 0 Å². The van der Waals surface area contributed by atoms with Crippen LogP contribution in [0.1, 0.15) is 24.6 Å². The summed E-state index contributed by atoms with van der Waals surface area (Å²) >= 11 is 0. The molecule has 3 nitrogen and oxygen atoms in total. The maximum absolute atomic E-state index is 3.97. The Morgan fingerprint density at radius 3 is 3.20 bits per heavy atom. The van der Waals surface area contributed by atoms with E-state index in [1.54, 1.807) is 6.33 Å². The quantitative estimate of drug-likeness (QED) is 0.602. The number of hydrogen-bond acceptors (Lipinski definition) is 2. The molecule has 2 rings (SSSR count). The third kappa shape index (κ3) is 0.926. The Balaban J connectivity index is 2.12. The van der Waals surface area contributed by atoms with Crippen molar-refractivity contribution in [3.8, 4) is 0 Å². The van der Waals surface area contributed by atoms with Gasteiger partial charge in [-0.05, 0) is 19.4 Å². The summed E-state index contributed by atoms with van der Waals surface area (Å²) in [4.78, 5) is 7.08. The summed E-state index contributed by atoms with van der Waals surface area (Å²) in [5.41, 5.74) is 1.22. The van der Waals surface area contributed by atoms with Crippen molar-refractivity contribution >= 4 is 0 Å². The maximum Gasteiger partial charge on any atom is 0.0922 e. The lowest BCUT2D eigenvalue weighted by Gasteiger charge is -2.04. The SMILES string of the molecule is c1ncc([C@@H]2CCCN2)[nH]1. The van der Waals surface area contributed by atoms with Gasteiger partial charge < -0.3 is 10.3 Å². The molecule has 0 unspecified atom stereocenters. The van der Waals surface area contributed by atoms with Crippen LogP contribution in [0.15, 0.2) is 12.5 Å². The van der Waals surface area contributed by atoms with Gasteiger partial charge in [0.1, 0.15) is 0 Å². The van der Waals surface area contributed by atoms with Crippen LogP contribution < -0.4 is 5.32 Å². The number of aromatic amines is 1. The molecule has 10 heavy (non-hydrogen) atoms. The van der Waals surface area contributed by atoms with Gasteiger partial charge in [-0.1, -0.05) is 0 Å². The lowest BCUT2D eigenvalue weighted by atomic mass is 10.2. The van der Waals surface area contributed by atoms with E-state index in [1.165, 1.54) is 18.5 Å². The third-order valence-corrected chi connectivity index (χ3v) is 1.96. The lowest BCUT2D eigenvalue weighted by molar-refractivity contribution is 0.631. The van der Waals surface area contributed by atoms with Gasteiger partial charge in [0.2, 0.25) is 0 Å². The predicted molar refractivity (Wildman–Crippen MR) is 38.6 cm³/mol. The summed E-state index contributed by atoms with van der Waals surface area (Å²) < 4.78 is 0. The fourth-order valence-electron chi connectivity index (χ4n) is 1.41. The zero-order valence-corrected chi connectivity index (χ0v) is 5.80. The van der Waals surface area contributed by atoms with E-state index >= 15 is 0 Å². The van der Waals surface area contributed by atoms with E-state index < -0.39 is 0 Å². The second kappa shape index (κ2) is 2.42. The molecule has 0 spiro atoms. The maximum atomic E-state index is 3.97. The number of nitrogens with one attached hydrogen (secondary N) is 2. The summed E-state index contributed by atoms with van der Waals surface area (Å²) in [7, 11) is 0. The Hall–Kier alpha value is -0.830. The number of imidazole rings is 1. The van der Waals surface area contributed by atoms with Crippen molar-refractivity contribution in [1.82, 2.24) is 15.3 Å². The summed E-state index contributed by atoms with van der Waals surface area (Å²) in [6.07, 6.45) is 6.14. The van der Waals surface area contributed by atoms with Crippen molar-refractivity contribution in [2.45, 2.75) is 18.9 Å². The van der Waals surface area contributed by atoms with Gasteiger partial charge in [0.05, 0.1) is 12.0 Å². The van der Waals surface area contributed by atoms with Crippen molar-refractivity contribution in [2.75, 3.05) is 6.54 Å². The van der Waals surface area contributed by atoms with Gasteiger partial charge in [-0.2, -0.15) is 0 Å². The van der Waals surface area contributed by atoms with E-state index in [9.17, 15) is 0 Å². The fourth-order valence-corrected chi connectivity index (χ4v) is 1.41. The molecular formula is C7H11N3. The van der Waals surface area contributed by atoms with E-state index in [-0.39, 0.29) is 0 Å². The van der Waals surface area contributed by atoms with E-state index in [1.807, 2.05) is 6.20 Å². The molecule has 1 aliphatic rings. The number of hydrogen-bond donors (Lipinski definition) is 2. The molecule has 1 atom stereocenters. The van der Waals surface area contributed by atoms with Crippen molar-refractivity contribution in [3.63, 3.8) is 0 Å². The minimum Gasteiger partial charge on any atom is -0.347 e.